The molecule has 1 aliphatic carbocycles. The lowest BCUT2D eigenvalue weighted by atomic mass is 9.76. The monoisotopic (exact) mass is 293 g/mol. The highest BCUT2D eigenvalue weighted by molar-refractivity contribution is 5.73. The summed E-state index contributed by atoms with van der Waals surface area (Å²) in [7, 11) is 0. The van der Waals surface area contributed by atoms with Crippen LogP contribution < -0.4 is 5.32 Å². The van der Waals surface area contributed by atoms with E-state index in [2.05, 4.69) is 61.6 Å². The van der Waals surface area contributed by atoms with Gasteiger partial charge in [-0.2, -0.15) is 0 Å². The number of amides is 1. The molecule has 2 aromatic carbocycles. The highest BCUT2D eigenvalue weighted by atomic mass is 16.1. The Morgan fingerprint density at radius 2 is 1.64 bits per heavy atom. The van der Waals surface area contributed by atoms with E-state index >= 15 is 0 Å². The van der Waals surface area contributed by atoms with E-state index in [-0.39, 0.29) is 11.9 Å². The Kier molecular flexibility index (Phi) is 4.02. The number of carbonyl (C=O) groups excluding carboxylic acids is 1. The largest absolute Gasteiger partial charge is 0.350 e. The summed E-state index contributed by atoms with van der Waals surface area (Å²) < 4.78 is 0. The van der Waals surface area contributed by atoms with E-state index in [1.165, 1.54) is 27.8 Å². The van der Waals surface area contributed by atoms with Gasteiger partial charge in [0.15, 0.2) is 0 Å². The molecule has 3 rings (SSSR count). The van der Waals surface area contributed by atoms with Crippen LogP contribution in [0.15, 0.2) is 42.5 Å². The molecule has 0 saturated carbocycles. The van der Waals surface area contributed by atoms with Crippen LogP contribution in [0.4, 0.5) is 0 Å². The van der Waals surface area contributed by atoms with Crippen LogP contribution in [0.1, 0.15) is 59.5 Å². The van der Waals surface area contributed by atoms with Crippen molar-refractivity contribution in [3.8, 4) is 0 Å². The molecule has 0 spiro atoms. The van der Waals surface area contributed by atoms with Crippen LogP contribution in [0.3, 0.4) is 0 Å². The molecule has 0 aromatic heterocycles. The summed E-state index contributed by atoms with van der Waals surface area (Å²) in [6.45, 7) is 5.85. The van der Waals surface area contributed by atoms with Crippen LogP contribution in [0.5, 0.6) is 0 Å². The second kappa shape index (κ2) is 5.96. The van der Waals surface area contributed by atoms with Crippen molar-refractivity contribution in [3.05, 3.63) is 70.3 Å². The summed E-state index contributed by atoms with van der Waals surface area (Å²) in [6, 6.07) is 15.6. The third-order valence-corrected chi connectivity index (χ3v) is 4.59. The number of aryl methyl sites for hydroxylation is 2. The van der Waals surface area contributed by atoms with Crippen LogP contribution in [0, 0.1) is 13.8 Å². The van der Waals surface area contributed by atoms with E-state index in [0.29, 0.717) is 5.92 Å². The number of nitrogens with one attached hydrogen (secondary N) is 1. The predicted octanol–water partition coefficient (Wildman–Crippen LogP) is 4.41. The van der Waals surface area contributed by atoms with Crippen molar-refractivity contribution in [2.45, 2.75) is 45.6 Å². The van der Waals surface area contributed by atoms with E-state index in [1.54, 1.807) is 6.92 Å². The fraction of sp³-hybridized carbons (Fsp3) is 0.350. The Bertz CT molecular complexity index is 687. The van der Waals surface area contributed by atoms with Crippen molar-refractivity contribution < 1.29 is 4.79 Å². The maximum atomic E-state index is 11.5. The Labute approximate surface area is 132 Å². The molecule has 0 unspecified atom stereocenters. The Morgan fingerprint density at radius 1 is 0.955 bits per heavy atom. The van der Waals surface area contributed by atoms with Gasteiger partial charge >= 0.3 is 0 Å². The number of rotatable bonds is 2. The Balaban J connectivity index is 2.02. The first-order valence-corrected chi connectivity index (χ1v) is 7.98. The number of hydrogen-bond acceptors (Lipinski definition) is 1. The summed E-state index contributed by atoms with van der Waals surface area (Å²) >= 11 is 0. The zero-order valence-corrected chi connectivity index (χ0v) is 13.5. The third kappa shape index (κ3) is 2.92. The second-order valence-electron chi connectivity index (χ2n) is 6.43. The van der Waals surface area contributed by atoms with Gasteiger partial charge < -0.3 is 5.32 Å². The standard InChI is InChI=1S/C20H23NO/c1-13-4-7-16(8-5-13)17-10-11-20(21-15(3)22)18-9-6-14(2)12-19(17)18/h4-9,12,17,20H,10-11H2,1-3H3,(H,21,22)/t17-,20-/m0/s1. The fourth-order valence-corrected chi connectivity index (χ4v) is 3.50. The van der Waals surface area contributed by atoms with Crippen molar-refractivity contribution >= 4 is 5.91 Å². The molecule has 2 atom stereocenters. The molecule has 0 radical (unpaired) electrons. The molecular weight excluding hydrogens is 270 g/mol. The lowest BCUT2D eigenvalue weighted by Gasteiger charge is -2.32. The quantitative estimate of drug-likeness (QED) is 0.873. The third-order valence-electron chi connectivity index (χ3n) is 4.59. The SMILES string of the molecule is CC(=O)N[C@H]1CC[C@@H](c2ccc(C)cc2)c2cc(C)ccc21. The maximum Gasteiger partial charge on any atom is 0.217 e. The molecule has 2 heteroatoms. The van der Waals surface area contributed by atoms with E-state index in [0.717, 1.165) is 12.8 Å². The maximum absolute atomic E-state index is 11.5. The zero-order valence-electron chi connectivity index (χ0n) is 13.5. The molecule has 1 amide bonds. The first-order valence-electron chi connectivity index (χ1n) is 7.98. The van der Waals surface area contributed by atoms with E-state index in [9.17, 15) is 4.79 Å². The van der Waals surface area contributed by atoms with Gasteiger partial charge in [-0.3, -0.25) is 4.79 Å². The highest BCUT2D eigenvalue weighted by Gasteiger charge is 2.28. The van der Waals surface area contributed by atoms with Gasteiger partial charge in [-0.15, -0.1) is 0 Å². The van der Waals surface area contributed by atoms with Gasteiger partial charge in [-0.05, 0) is 43.4 Å². The smallest absolute Gasteiger partial charge is 0.217 e. The average Bonchev–Trinajstić information content (AvgIpc) is 2.48. The molecule has 0 fully saturated rings. The van der Waals surface area contributed by atoms with Crippen LogP contribution in [0.2, 0.25) is 0 Å². The van der Waals surface area contributed by atoms with Gasteiger partial charge in [0, 0.05) is 12.8 Å². The van der Waals surface area contributed by atoms with Crippen LogP contribution in [-0.2, 0) is 4.79 Å². The molecule has 2 nitrogen and oxygen atoms in total. The lowest BCUT2D eigenvalue weighted by Crippen LogP contribution is -2.30. The molecular formula is C20H23NO. The number of fused-ring (bicyclic) bond motifs is 1. The van der Waals surface area contributed by atoms with Gasteiger partial charge in [0.1, 0.15) is 0 Å². The summed E-state index contributed by atoms with van der Waals surface area (Å²) in [6.07, 6.45) is 2.07. The minimum Gasteiger partial charge on any atom is -0.350 e. The van der Waals surface area contributed by atoms with Gasteiger partial charge in [-0.25, -0.2) is 0 Å². The van der Waals surface area contributed by atoms with Crippen molar-refractivity contribution in [1.82, 2.24) is 5.32 Å². The predicted molar refractivity (Wildman–Crippen MR) is 90.0 cm³/mol. The number of carbonyl (C=O) groups is 1. The van der Waals surface area contributed by atoms with Crippen molar-refractivity contribution in [2.75, 3.05) is 0 Å². The Morgan fingerprint density at radius 3 is 2.32 bits per heavy atom. The average molecular weight is 293 g/mol. The van der Waals surface area contributed by atoms with E-state index < -0.39 is 0 Å². The molecule has 0 bridgehead atoms. The van der Waals surface area contributed by atoms with Gasteiger partial charge in [0.25, 0.3) is 0 Å². The van der Waals surface area contributed by atoms with Crippen LogP contribution in [-0.4, -0.2) is 5.91 Å². The first-order chi connectivity index (χ1) is 10.5. The minimum atomic E-state index is 0.0466. The lowest BCUT2D eigenvalue weighted by molar-refractivity contribution is -0.119. The van der Waals surface area contributed by atoms with Gasteiger partial charge in [-0.1, -0.05) is 53.6 Å². The summed E-state index contributed by atoms with van der Waals surface area (Å²) in [5.74, 6) is 0.478. The Hall–Kier alpha value is -2.09. The highest BCUT2D eigenvalue weighted by Crippen LogP contribution is 2.41. The van der Waals surface area contributed by atoms with Crippen molar-refractivity contribution in [2.24, 2.45) is 0 Å². The molecule has 0 aliphatic heterocycles. The van der Waals surface area contributed by atoms with Crippen LogP contribution in [0.25, 0.3) is 0 Å². The van der Waals surface area contributed by atoms with Gasteiger partial charge in [0.05, 0.1) is 6.04 Å². The molecule has 0 heterocycles. The first kappa shape index (κ1) is 14.8. The molecule has 1 aliphatic rings. The summed E-state index contributed by atoms with van der Waals surface area (Å²) in [5.41, 5.74) is 6.59. The zero-order chi connectivity index (χ0) is 15.7. The number of benzene rings is 2. The molecule has 114 valence electrons. The second-order valence-corrected chi connectivity index (χ2v) is 6.43. The van der Waals surface area contributed by atoms with Crippen molar-refractivity contribution in [3.63, 3.8) is 0 Å². The van der Waals surface area contributed by atoms with Crippen LogP contribution >= 0.6 is 0 Å². The van der Waals surface area contributed by atoms with E-state index in [4.69, 9.17) is 0 Å². The molecule has 2 aromatic rings. The number of hydrogen-bond donors (Lipinski definition) is 1. The normalized spacial score (nSPS) is 20.3. The molecule has 0 saturated heterocycles. The summed E-state index contributed by atoms with van der Waals surface area (Å²) in [4.78, 5) is 11.5. The molecule has 1 N–H and O–H groups in total. The molecule has 22 heavy (non-hydrogen) atoms. The summed E-state index contributed by atoms with van der Waals surface area (Å²) in [5, 5.41) is 3.10. The van der Waals surface area contributed by atoms with E-state index in [1.807, 2.05) is 0 Å². The van der Waals surface area contributed by atoms with Crippen molar-refractivity contribution in [1.29, 1.82) is 0 Å². The topological polar surface area (TPSA) is 29.1 Å². The van der Waals surface area contributed by atoms with Gasteiger partial charge in [0.2, 0.25) is 5.91 Å². The minimum absolute atomic E-state index is 0.0466. The fourth-order valence-electron chi connectivity index (χ4n) is 3.50.